The van der Waals surface area contributed by atoms with Crippen molar-refractivity contribution in [1.82, 2.24) is 4.72 Å². The Hall–Kier alpha value is -1.16. The van der Waals surface area contributed by atoms with Crippen molar-refractivity contribution in [2.24, 2.45) is 0 Å². The van der Waals surface area contributed by atoms with Crippen molar-refractivity contribution in [2.45, 2.75) is 44.3 Å². The summed E-state index contributed by atoms with van der Waals surface area (Å²) in [5.41, 5.74) is -0.212. The zero-order valence-corrected chi connectivity index (χ0v) is 14.7. The summed E-state index contributed by atoms with van der Waals surface area (Å²) in [6, 6.07) is 2.33. The molecule has 1 aromatic carbocycles. The summed E-state index contributed by atoms with van der Waals surface area (Å²) in [6.07, 6.45) is -5.60. The molecule has 0 saturated heterocycles. The number of carboxylic acid groups (broad SMARTS) is 1. The minimum absolute atomic E-state index is 0.124. The normalized spacial score (nSPS) is 15.0. The van der Waals surface area contributed by atoms with Crippen LogP contribution < -0.4 is 9.46 Å². The van der Waals surface area contributed by atoms with Crippen molar-refractivity contribution in [3.63, 3.8) is 0 Å². The predicted octanol–water partition coefficient (Wildman–Crippen LogP) is 3.81. The Bertz CT molecular complexity index is 592. The molecule has 0 amide bonds. The molecule has 136 valence electrons. The molecule has 0 fully saturated rings. The van der Waals surface area contributed by atoms with Gasteiger partial charge in [-0.25, -0.2) is 0 Å². The van der Waals surface area contributed by atoms with Crippen molar-refractivity contribution in [1.29, 1.82) is 0 Å². The first-order chi connectivity index (χ1) is 10.8. The SMILES string of the molecule is CC(C)(C)[S+]([O-])NC(CC(=O)O)c1c(Cl)cccc1OC(F)(F)F. The molecular weight excluding hydrogens is 371 g/mol. The van der Waals surface area contributed by atoms with E-state index in [0.29, 0.717) is 0 Å². The maximum atomic E-state index is 12.6. The molecule has 2 unspecified atom stereocenters. The van der Waals surface area contributed by atoms with Gasteiger partial charge in [-0.15, -0.1) is 17.9 Å². The topological polar surface area (TPSA) is 81.6 Å². The van der Waals surface area contributed by atoms with Crippen molar-refractivity contribution in [3.8, 4) is 5.75 Å². The van der Waals surface area contributed by atoms with Crippen LogP contribution >= 0.6 is 11.6 Å². The number of hydrogen-bond donors (Lipinski definition) is 2. The highest BCUT2D eigenvalue weighted by atomic mass is 35.5. The fourth-order valence-electron chi connectivity index (χ4n) is 1.75. The van der Waals surface area contributed by atoms with E-state index in [9.17, 15) is 22.5 Å². The first-order valence-electron chi connectivity index (χ1n) is 6.75. The molecule has 2 atom stereocenters. The van der Waals surface area contributed by atoms with Gasteiger partial charge in [-0.05, 0) is 32.9 Å². The molecular formula is C14H17ClF3NO4S. The number of carbonyl (C=O) groups is 1. The molecule has 0 aromatic heterocycles. The minimum atomic E-state index is -4.98. The van der Waals surface area contributed by atoms with Gasteiger partial charge in [0.2, 0.25) is 0 Å². The van der Waals surface area contributed by atoms with E-state index in [0.717, 1.165) is 6.07 Å². The average Bonchev–Trinajstić information content (AvgIpc) is 2.34. The lowest BCUT2D eigenvalue weighted by molar-refractivity contribution is -0.275. The van der Waals surface area contributed by atoms with Crippen molar-refractivity contribution in [2.75, 3.05) is 0 Å². The maximum Gasteiger partial charge on any atom is 0.573 e. The summed E-state index contributed by atoms with van der Waals surface area (Å²) in [6.45, 7) is 4.90. The third-order valence-electron chi connectivity index (χ3n) is 2.77. The smallest absolute Gasteiger partial charge is 0.573 e. The van der Waals surface area contributed by atoms with E-state index in [2.05, 4.69) is 9.46 Å². The van der Waals surface area contributed by atoms with Gasteiger partial charge in [0.1, 0.15) is 10.5 Å². The molecule has 2 N–H and O–H groups in total. The van der Waals surface area contributed by atoms with Crippen LogP contribution in [0.25, 0.3) is 0 Å². The second kappa shape index (κ2) is 7.81. The highest BCUT2D eigenvalue weighted by Gasteiger charge is 2.36. The molecule has 10 heteroatoms. The molecule has 0 heterocycles. The number of ether oxygens (including phenoxy) is 1. The lowest BCUT2D eigenvalue weighted by Crippen LogP contribution is -2.42. The van der Waals surface area contributed by atoms with Crippen LogP contribution in [-0.4, -0.2) is 26.7 Å². The highest BCUT2D eigenvalue weighted by molar-refractivity contribution is 7.90. The first-order valence-corrected chi connectivity index (χ1v) is 8.28. The van der Waals surface area contributed by atoms with E-state index >= 15 is 0 Å². The van der Waals surface area contributed by atoms with Crippen LogP contribution in [0.5, 0.6) is 5.75 Å². The van der Waals surface area contributed by atoms with Crippen LogP contribution in [0.15, 0.2) is 18.2 Å². The van der Waals surface area contributed by atoms with Crippen LogP contribution in [0.3, 0.4) is 0 Å². The number of carboxylic acids is 1. The first kappa shape index (κ1) is 20.9. The van der Waals surface area contributed by atoms with Gasteiger partial charge in [0.05, 0.1) is 12.5 Å². The second-order valence-corrected chi connectivity index (χ2v) is 8.25. The van der Waals surface area contributed by atoms with Gasteiger partial charge in [0.15, 0.2) is 0 Å². The number of alkyl halides is 3. The summed E-state index contributed by atoms with van der Waals surface area (Å²) >= 11 is 4.22. The van der Waals surface area contributed by atoms with E-state index in [1.165, 1.54) is 12.1 Å². The molecule has 0 saturated carbocycles. The Kier molecular flexibility index (Phi) is 6.80. The molecule has 1 rings (SSSR count). The second-order valence-electron chi connectivity index (χ2n) is 5.85. The fourth-order valence-corrected chi connectivity index (χ4v) is 2.86. The Morgan fingerprint density at radius 2 is 2.00 bits per heavy atom. The third-order valence-corrected chi connectivity index (χ3v) is 4.71. The van der Waals surface area contributed by atoms with Crippen LogP contribution in [-0.2, 0) is 16.2 Å². The number of hydrogen-bond acceptors (Lipinski definition) is 4. The fraction of sp³-hybridized carbons (Fsp3) is 0.500. The summed E-state index contributed by atoms with van der Waals surface area (Å²) in [4.78, 5) is 11.1. The minimum Gasteiger partial charge on any atom is -0.598 e. The Morgan fingerprint density at radius 3 is 2.46 bits per heavy atom. The highest BCUT2D eigenvalue weighted by Crippen LogP contribution is 2.37. The summed E-state index contributed by atoms with van der Waals surface area (Å²) in [7, 11) is 0. The number of nitrogens with one attached hydrogen (secondary N) is 1. The molecule has 0 radical (unpaired) electrons. The van der Waals surface area contributed by atoms with E-state index in [-0.39, 0.29) is 10.6 Å². The molecule has 5 nitrogen and oxygen atoms in total. The zero-order valence-electron chi connectivity index (χ0n) is 13.1. The Balaban J connectivity index is 3.29. The molecule has 0 aliphatic rings. The largest absolute Gasteiger partial charge is 0.598 e. The van der Waals surface area contributed by atoms with Crippen LogP contribution in [0.4, 0.5) is 13.2 Å². The number of benzene rings is 1. The Morgan fingerprint density at radius 1 is 1.42 bits per heavy atom. The molecule has 0 aliphatic carbocycles. The van der Waals surface area contributed by atoms with Crippen molar-refractivity contribution >= 4 is 28.9 Å². The van der Waals surface area contributed by atoms with E-state index in [1.54, 1.807) is 20.8 Å². The lowest BCUT2D eigenvalue weighted by Gasteiger charge is -2.28. The Labute approximate surface area is 145 Å². The number of rotatable bonds is 6. The monoisotopic (exact) mass is 387 g/mol. The van der Waals surface area contributed by atoms with Crippen LogP contribution in [0.2, 0.25) is 5.02 Å². The lowest BCUT2D eigenvalue weighted by atomic mass is 10.0. The van der Waals surface area contributed by atoms with Crippen LogP contribution in [0.1, 0.15) is 38.8 Å². The van der Waals surface area contributed by atoms with Gasteiger partial charge in [0, 0.05) is 21.9 Å². The van der Waals surface area contributed by atoms with Gasteiger partial charge >= 0.3 is 12.3 Å². The van der Waals surface area contributed by atoms with Crippen molar-refractivity contribution in [3.05, 3.63) is 28.8 Å². The summed E-state index contributed by atoms with van der Waals surface area (Å²) in [5.74, 6) is -1.93. The number of halogens is 4. The summed E-state index contributed by atoms with van der Waals surface area (Å²) < 4.78 is 55.6. The molecule has 0 spiro atoms. The van der Waals surface area contributed by atoms with Crippen molar-refractivity contribution < 1.29 is 32.4 Å². The average molecular weight is 388 g/mol. The van der Waals surface area contributed by atoms with Gasteiger partial charge in [-0.2, -0.15) is 0 Å². The maximum absolute atomic E-state index is 12.6. The van der Waals surface area contributed by atoms with E-state index in [1.807, 2.05) is 0 Å². The van der Waals surface area contributed by atoms with E-state index < -0.39 is 46.7 Å². The number of aliphatic carboxylic acids is 1. The molecule has 0 aliphatic heterocycles. The van der Waals surface area contributed by atoms with Gasteiger partial charge < -0.3 is 14.4 Å². The summed E-state index contributed by atoms with van der Waals surface area (Å²) in [5, 5.41) is 8.91. The predicted molar refractivity (Wildman–Crippen MR) is 84.2 cm³/mol. The molecule has 0 bridgehead atoms. The van der Waals surface area contributed by atoms with Crippen LogP contribution in [0, 0.1) is 0 Å². The van der Waals surface area contributed by atoms with Gasteiger partial charge in [-0.1, -0.05) is 17.7 Å². The van der Waals surface area contributed by atoms with E-state index in [4.69, 9.17) is 16.7 Å². The molecule has 1 aromatic rings. The molecule has 24 heavy (non-hydrogen) atoms. The third kappa shape index (κ3) is 6.39. The van der Waals surface area contributed by atoms with Gasteiger partial charge in [0.25, 0.3) is 0 Å². The van der Waals surface area contributed by atoms with Gasteiger partial charge in [-0.3, -0.25) is 4.79 Å². The quantitative estimate of drug-likeness (QED) is 0.725. The standard InChI is InChI=1S/C14H17ClF3NO4S/c1-13(2,3)24(22)19-9(7-11(20)21)12-8(15)5-4-6-10(12)23-14(16,17)18/h4-6,9,19H,7H2,1-3H3,(H,20,21). The zero-order chi connectivity index (χ0) is 18.7.